The number of hydrogen-bond acceptors (Lipinski definition) is 7. The lowest BCUT2D eigenvalue weighted by molar-refractivity contribution is -0.138. The number of carbonyl (C=O) groups is 2. The van der Waals surface area contributed by atoms with Crippen LogP contribution in [0.1, 0.15) is 0 Å². The Morgan fingerprint density at radius 1 is 1.50 bits per heavy atom. The summed E-state index contributed by atoms with van der Waals surface area (Å²) < 4.78 is 22.9. The van der Waals surface area contributed by atoms with E-state index >= 15 is 0 Å². The maximum atomic E-state index is 10.7. The molecule has 0 amide bonds. The van der Waals surface area contributed by atoms with Crippen molar-refractivity contribution in [3.05, 3.63) is 0 Å². The molecule has 0 radical (unpaired) electrons. The Labute approximate surface area is 79.8 Å². The number of rotatable bonds is 5. The van der Waals surface area contributed by atoms with Crippen LogP contribution < -0.4 is 0 Å². The minimum atomic E-state index is -0.914. The van der Waals surface area contributed by atoms with Crippen LogP contribution in [0, 0.1) is 0 Å². The van der Waals surface area contributed by atoms with E-state index in [1.807, 2.05) is 0 Å². The molecule has 1 atom stereocenters. The van der Waals surface area contributed by atoms with Crippen molar-refractivity contribution >= 4 is 12.6 Å². The summed E-state index contributed by atoms with van der Waals surface area (Å²) in [6.45, 7) is 0.362. The largest absolute Gasteiger partial charge is 0.511 e. The molecule has 1 saturated heterocycles. The SMILES string of the molecule is O=COCOC(=O)OCC1COCO1. The van der Waals surface area contributed by atoms with Crippen LogP contribution in [0.25, 0.3) is 0 Å². The van der Waals surface area contributed by atoms with E-state index in [0.717, 1.165) is 0 Å². The van der Waals surface area contributed by atoms with Crippen LogP contribution in [0.4, 0.5) is 4.79 Å². The molecule has 1 unspecified atom stereocenters. The second kappa shape index (κ2) is 6.17. The molecule has 14 heavy (non-hydrogen) atoms. The Hall–Kier alpha value is -1.34. The highest BCUT2D eigenvalue weighted by molar-refractivity contribution is 5.59. The van der Waals surface area contributed by atoms with Gasteiger partial charge in [-0.15, -0.1) is 0 Å². The molecular weight excluding hydrogens is 196 g/mol. The first-order chi connectivity index (χ1) is 6.83. The molecule has 1 aliphatic rings. The zero-order valence-corrected chi connectivity index (χ0v) is 7.34. The topological polar surface area (TPSA) is 80.3 Å². The fourth-order valence-electron chi connectivity index (χ4n) is 0.781. The highest BCUT2D eigenvalue weighted by Gasteiger charge is 2.18. The predicted octanol–water partition coefficient (Wildman–Crippen LogP) is -0.357. The molecule has 80 valence electrons. The van der Waals surface area contributed by atoms with E-state index in [1.54, 1.807) is 0 Å². The van der Waals surface area contributed by atoms with Crippen LogP contribution in [0.2, 0.25) is 0 Å². The van der Waals surface area contributed by atoms with E-state index in [2.05, 4.69) is 14.2 Å². The molecule has 0 aromatic rings. The maximum absolute atomic E-state index is 10.7. The molecular formula is C7H10O7. The monoisotopic (exact) mass is 206 g/mol. The summed E-state index contributed by atoms with van der Waals surface area (Å²) in [5.74, 6) is 0. The van der Waals surface area contributed by atoms with Crippen molar-refractivity contribution < 1.29 is 33.3 Å². The van der Waals surface area contributed by atoms with Crippen molar-refractivity contribution in [1.29, 1.82) is 0 Å². The normalized spacial score (nSPS) is 20.1. The Morgan fingerprint density at radius 3 is 3.00 bits per heavy atom. The van der Waals surface area contributed by atoms with Gasteiger partial charge in [-0.1, -0.05) is 0 Å². The van der Waals surface area contributed by atoms with Crippen LogP contribution in [-0.2, 0) is 28.5 Å². The van der Waals surface area contributed by atoms with Gasteiger partial charge in [0.1, 0.15) is 19.5 Å². The molecule has 0 saturated carbocycles. The van der Waals surface area contributed by atoms with Gasteiger partial charge in [-0.05, 0) is 0 Å². The average molecular weight is 206 g/mol. The van der Waals surface area contributed by atoms with Gasteiger partial charge in [-0.25, -0.2) is 4.79 Å². The van der Waals surface area contributed by atoms with Crippen molar-refractivity contribution in [2.24, 2.45) is 0 Å². The summed E-state index contributed by atoms with van der Waals surface area (Å²) in [7, 11) is 0. The summed E-state index contributed by atoms with van der Waals surface area (Å²) >= 11 is 0. The third-order valence-corrected chi connectivity index (χ3v) is 1.39. The Bertz CT molecular complexity index is 186. The van der Waals surface area contributed by atoms with E-state index in [1.165, 1.54) is 0 Å². The lowest BCUT2D eigenvalue weighted by atomic mass is 10.4. The first-order valence-electron chi connectivity index (χ1n) is 3.87. The smallest absolute Gasteiger partial charge is 0.431 e. The Balaban J connectivity index is 1.99. The summed E-state index contributed by atoms with van der Waals surface area (Å²) in [4.78, 5) is 20.4. The van der Waals surface area contributed by atoms with Gasteiger partial charge in [-0.3, -0.25) is 4.79 Å². The summed E-state index contributed by atoms with van der Waals surface area (Å²) in [5, 5.41) is 0. The molecule has 0 bridgehead atoms. The summed E-state index contributed by atoms with van der Waals surface area (Å²) in [6.07, 6.45) is -1.17. The number of ether oxygens (including phenoxy) is 5. The summed E-state index contributed by atoms with van der Waals surface area (Å²) in [5.41, 5.74) is 0. The van der Waals surface area contributed by atoms with Crippen molar-refractivity contribution in [3.63, 3.8) is 0 Å². The number of hydrogen-bond donors (Lipinski definition) is 0. The summed E-state index contributed by atoms with van der Waals surface area (Å²) in [6, 6.07) is 0. The van der Waals surface area contributed by atoms with Gasteiger partial charge < -0.3 is 23.7 Å². The molecule has 0 aromatic heterocycles. The molecule has 1 rings (SSSR count). The van der Waals surface area contributed by atoms with Crippen LogP contribution in [0.15, 0.2) is 0 Å². The number of carbonyl (C=O) groups excluding carboxylic acids is 2. The van der Waals surface area contributed by atoms with Gasteiger partial charge in [-0.2, -0.15) is 0 Å². The second-order valence-corrected chi connectivity index (χ2v) is 2.36. The first kappa shape index (κ1) is 10.7. The lowest BCUT2D eigenvalue weighted by Crippen LogP contribution is -2.21. The molecule has 0 N–H and O–H groups in total. The third kappa shape index (κ3) is 4.06. The van der Waals surface area contributed by atoms with Crippen LogP contribution in [-0.4, -0.2) is 45.5 Å². The molecule has 1 fully saturated rings. The molecule has 7 heteroatoms. The van der Waals surface area contributed by atoms with Crippen molar-refractivity contribution in [1.82, 2.24) is 0 Å². The molecule has 1 aliphatic heterocycles. The molecule has 1 heterocycles. The maximum Gasteiger partial charge on any atom is 0.511 e. The van der Waals surface area contributed by atoms with E-state index in [0.29, 0.717) is 6.61 Å². The quantitative estimate of drug-likeness (QED) is 0.263. The van der Waals surface area contributed by atoms with E-state index in [4.69, 9.17) is 9.47 Å². The minimum absolute atomic E-state index is 0.0555. The highest BCUT2D eigenvalue weighted by Crippen LogP contribution is 2.03. The van der Waals surface area contributed by atoms with Gasteiger partial charge in [0.2, 0.25) is 6.79 Å². The molecule has 0 spiro atoms. The van der Waals surface area contributed by atoms with Crippen LogP contribution in [0.5, 0.6) is 0 Å². The Kier molecular flexibility index (Phi) is 4.73. The van der Waals surface area contributed by atoms with Gasteiger partial charge in [0, 0.05) is 0 Å². The average Bonchev–Trinajstić information content (AvgIpc) is 2.68. The van der Waals surface area contributed by atoms with Crippen molar-refractivity contribution in [3.8, 4) is 0 Å². The molecule has 7 nitrogen and oxygen atoms in total. The molecule has 0 aliphatic carbocycles. The van der Waals surface area contributed by atoms with E-state index in [9.17, 15) is 9.59 Å². The fourth-order valence-corrected chi connectivity index (χ4v) is 0.781. The Morgan fingerprint density at radius 2 is 2.36 bits per heavy atom. The third-order valence-electron chi connectivity index (χ3n) is 1.39. The predicted molar refractivity (Wildman–Crippen MR) is 40.1 cm³/mol. The van der Waals surface area contributed by atoms with Gasteiger partial charge >= 0.3 is 6.16 Å². The second-order valence-electron chi connectivity index (χ2n) is 2.36. The fraction of sp³-hybridized carbons (Fsp3) is 0.714. The minimum Gasteiger partial charge on any atom is -0.431 e. The van der Waals surface area contributed by atoms with Gasteiger partial charge in [0.05, 0.1) is 6.61 Å². The van der Waals surface area contributed by atoms with Crippen molar-refractivity contribution in [2.75, 3.05) is 26.8 Å². The van der Waals surface area contributed by atoms with Crippen molar-refractivity contribution in [2.45, 2.75) is 6.10 Å². The standard InChI is InChI=1S/C7H10O7/c8-3-11-5-14-7(9)12-2-6-1-10-4-13-6/h3,6H,1-2,4-5H2. The van der Waals surface area contributed by atoms with E-state index in [-0.39, 0.29) is 26.0 Å². The first-order valence-corrected chi connectivity index (χ1v) is 3.87. The molecule has 0 aromatic carbocycles. The van der Waals surface area contributed by atoms with Gasteiger partial charge in [0.15, 0.2) is 0 Å². The zero-order chi connectivity index (χ0) is 10.2. The lowest BCUT2D eigenvalue weighted by Gasteiger charge is -2.08. The zero-order valence-electron chi connectivity index (χ0n) is 7.34. The van der Waals surface area contributed by atoms with Gasteiger partial charge in [0.25, 0.3) is 6.47 Å². The highest BCUT2D eigenvalue weighted by atomic mass is 16.8. The van der Waals surface area contributed by atoms with Crippen LogP contribution >= 0.6 is 0 Å². The van der Waals surface area contributed by atoms with E-state index < -0.39 is 12.9 Å². The van der Waals surface area contributed by atoms with Crippen LogP contribution in [0.3, 0.4) is 0 Å².